The number of carbonyl (C=O) groups excluding carboxylic acids is 2. The molecule has 1 amide bonds. The van der Waals surface area contributed by atoms with Gasteiger partial charge < -0.3 is 10.1 Å². The van der Waals surface area contributed by atoms with Crippen LogP contribution in [-0.4, -0.2) is 24.5 Å². The van der Waals surface area contributed by atoms with Gasteiger partial charge in [0.25, 0.3) is 5.91 Å². The molecule has 1 fully saturated rings. The van der Waals surface area contributed by atoms with E-state index in [0.717, 1.165) is 36.1 Å². The molecule has 0 saturated heterocycles. The van der Waals surface area contributed by atoms with Crippen molar-refractivity contribution in [2.24, 2.45) is 5.92 Å². The van der Waals surface area contributed by atoms with Crippen LogP contribution in [0.2, 0.25) is 5.02 Å². The number of hydrogen-bond donors (Lipinski definition) is 1. The van der Waals surface area contributed by atoms with Crippen molar-refractivity contribution in [2.45, 2.75) is 38.6 Å². The van der Waals surface area contributed by atoms with Gasteiger partial charge >= 0.3 is 5.97 Å². The van der Waals surface area contributed by atoms with Crippen LogP contribution in [0.3, 0.4) is 0 Å². The Morgan fingerprint density at radius 3 is 2.68 bits per heavy atom. The molecule has 1 aliphatic carbocycles. The molecule has 0 aromatic heterocycles. The molecule has 120 valence electrons. The van der Waals surface area contributed by atoms with Crippen molar-refractivity contribution in [1.82, 2.24) is 5.32 Å². The molecule has 2 rings (SSSR count). The minimum Gasteiger partial charge on any atom is -0.452 e. The topological polar surface area (TPSA) is 55.4 Å². The second-order valence-electron chi connectivity index (χ2n) is 5.72. The minimum atomic E-state index is -0.598. The second-order valence-corrected chi connectivity index (χ2v) is 7.05. The highest BCUT2D eigenvalue weighted by atomic mass is 79.9. The highest BCUT2D eigenvalue weighted by molar-refractivity contribution is 9.10. The van der Waals surface area contributed by atoms with E-state index in [9.17, 15) is 9.59 Å². The molecular weight excluding hydrogens is 370 g/mol. The summed E-state index contributed by atoms with van der Waals surface area (Å²) in [5.74, 6) is -0.137. The summed E-state index contributed by atoms with van der Waals surface area (Å²) in [6.07, 6.45) is 4.22. The smallest absolute Gasteiger partial charge is 0.340 e. The average molecular weight is 389 g/mol. The van der Waals surface area contributed by atoms with E-state index in [1.807, 2.05) is 0 Å². The zero-order valence-corrected chi connectivity index (χ0v) is 14.7. The summed E-state index contributed by atoms with van der Waals surface area (Å²) >= 11 is 9.22. The van der Waals surface area contributed by atoms with Crippen molar-refractivity contribution in [3.05, 3.63) is 33.3 Å². The molecule has 1 saturated carbocycles. The molecule has 6 heteroatoms. The lowest BCUT2D eigenvalue weighted by molar-refractivity contribution is -0.125. The molecule has 0 heterocycles. The molecule has 0 unspecified atom stereocenters. The van der Waals surface area contributed by atoms with Crippen molar-refractivity contribution >= 4 is 39.4 Å². The first-order chi connectivity index (χ1) is 10.5. The molecule has 1 N–H and O–H groups in total. The summed E-state index contributed by atoms with van der Waals surface area (Å²) in [5.41, 5.74) is 0.246. The summed E-state index contributed by atoms with van der Waals surface area (Å²) in [4.78, 5) is 23.8. The Hall–Kier alpha value is -1.07. The van der Waals surface area contributed by atoms with Crippen molar-refractivity contribution in [3.8, 4) is 0 Å². The maximum absolute atomic E-state index is 11.9. The zero-order valence-electron chi connectivity index (χ0n) is 12.4. The Kier molecular flexibility index (Phi) is 6.26. The van der Waals surface area contributed by atoms with Crippen LogP contribution in [0.5, 0.6) is 0 Å². The summed E-state index contributed by atoms with van der Waals surface area (Å²) in [5, 5.41) is 3.21. The van der Waals surface area contributed by atoms with Crippen LogP contribution < -0.4 is 5.32 Å². The highest BCUT2D eigenvalue weighted by Crippen LogP contribution is 2.23. The number of esters is 1. The van der Waals surface area contributed by atoms with E-state index in [0.29, 0.717) is 5.02 Å². The Labute approximate surface area is 143 Å². The average Bonchev–Trinajstić information content (AvgIpc) is 2.49. The number of rotatable bonds is 4. The molecule has 1 aromatic rings. The van der Waals surface area contributed by atoms with Crippen LogP contribution in [-0.2, 0) is 9.53 Å². The SMILES string of the molecule is CC1CCC(NC(=O)COC(=O)c2cc(Br)ccc2Cl)CC1. The van der Waals surface area contributed by atoms with Crippen LogP contribution in [0.15, 0.2) is 22.7 Å². The summed E-state index contributed by atoms with van der Waals surface area (Å²) in [6.45, 7) is 1.94. The largest absolute Gasteiger partial charge is 0.452 e. The summed E-state index contributed by atoms with van der Waals surface area (Å²) in [6, 6.07) is 5.10. The van der Waals surface area contributed by atoms with E-state index in [-0.39, 0.29) is 24.1 Å². The molecule has 0 aliphatic heterocycles. The van der Waals surface area contributed by atoms with E-state index in [2.05, 4.69) is 28.2 Å². The monoisotopic (exact) mass is 387 g/mol. The van der Waals surface area contributed by atoms with Crippen LogP contribution >= 0.6 is 27.5 Å². The van der Waals surface area contributed by atoms with Crippen LogP contribution in [0.25, 0.3) is 0 Å². The van der Waals surface area contributed by atoms with E-state index in [4.69, 9.17) is 16.3 Å². The number of benzene rings is 1. The third-order valence-corrected chi connectivity index (χ3v) is 4.69. The Morgan fingerprint density at radius 1 is 1.32 bits per heavy atom. The van der Waals surface area contributed by atoms with Gasteiger partial charge in [0, 0.05) is 10.5 Å². The number of nitrogens with one attached hydrogen (secondary N) is 1. The first-order valence-electron chi connectivity index (χ1n) is 7.37. The Bertz CT molecular complexity index is 556. The first-order valence-corrected chi connectivity index (χ1v) is 8.54. The Balaban J connectivity index is 1.80. The lowest BCUT2D eigenvalue weighted by atomic mass is 9.87. The molecular formula is C16H19BrClNO3. The van der Waals surface area contributed by atoms with Gasteiger partial charge in [0.2, 0.25) is 0 Å². The number of hydrogen-bond acceptors (Lipinski definition) is 3. The van der Waals surface area contributed by atoms with Crippen LogP contribution in [0.1, 0.15) is 43.0 Å². The third-order valence-electron chi connectivity index (χ3n) is 3.86. The molecule has 22 heavy (non-hydrogen) atoms. The molecule has 0 atom stereocenters. The molecule has 1 aliphatic rings. The van der Waals surface area contributed by atoms with Crippen molar-refractivity contribution in [3.63, 3.8) is 0 Å². The van der Waals surface area contributed by atoms with Gasteiger partial charge in [-0.05, 0) is 49.8 Å². The summed E-state index contributed by atoms with van der Waals surface area (Å²) < 4.78 is 5.76. The highest BCUT2D eigenvalue weighted by Gasteiger charge is 2.20. The number of amides is 1. The lowest BCUT2D eigenvalue weighted by Crippen LogP contribution is -2.39. The number of halogens is 2. The predicted molar refractivity (Wildman–Crippen MR) is 89.0 cm³/mol. The van der Waals surface area contributed by atoms with E-state index in [1.165, 1.54) is 0 Å². The van der Waals surface area contributed by atoms with E-state index >= 15 is 0 Å². The molecule has 1 aromatic carbocycles. The molecule has 0 radical (unpaired) electrons. The maximum atomic E-state index is 11.9. The van der Waals surface area contributed by atoms with Gasteiger partial charge in [0.15, 0.2) is 6.61 Å². The van der Waals surface area contributed by atoms with Crippen molar-refractivity contribution in [2.75, 3.05) is 6.61 Å². The normalized spacial score (nSPS) is 21.2. The van der Waals surface area contributed by atoms with Gasteiger partial charge in [0.05, 0.1) is 10.6 Å². The maximum Gasteiger partial charge on any atom is 0.340 e. The second kappa shape index (κ2) is 7.97. The fourth-order valence-electron chi connectivity index (χ4n) is 2.54. The van der Waals surface area contributed by atoms with Gasteiger partial charge in [-0.25, -0.2) is 4.79 Å². The first kappa shape index (κ1) is 17.3. The van der Waals surface area contributed by atoms with Gasteiger partial charge in [0.1, 0.15) is 0 Å². The Morgan fingerprint density at radius 2 is 2.00 bits per heavy atom. The van der Waals surface area contributed by atoms with E-state index < -0.39 is 5.97 Å². The third kappa shape index (κ3) is 4.99. The molecule has 4 nitrogen and oxygen atoms in total. The van der Waals surface area contributed by atoms with Crippen molar-refractivity contribution in [1.29, 1.82) is 0 Å². The standard InChI is InChI=1S/C16H19BrClNO3/c1-10-2-5-12(6-3-10)19-15(20)9-22-16(21)13-8-11(17)4-7-14(13)18/h4,7-8,10,12H,2-3,5-6,9H2,1H3,(H,19,20). The van der Waals surface area contributed by atoms with Gasteiger partial charge in [-0.15, -0.1) is 0 Å². The van der Waals surface area contributed by atoms with E-state index in [1.54, 1.807) is 18.2 Å². The van der Waals surface area contributed by atoms with Crippen LogP contribution in [0, 0.1) is 5.92 Å². The molecule has 0 spiro atoms. The van der Waals surface area contributed by atoms with Gasteiger partial charge in [-0.3, -0.25) is 4.79 Å². The number of ether oxygens (including phenoxy) is 1. The summed E-state index contributed by atoms with van der Waals surface area (Å²) in [7, 11) is 0. The molecule has 0 bridgehead atoms. The zero-order chi connectivity index (χ0) is 16.1. The fraction of sp³-hybridized carbons (Fsp3) is 0.500. The lowest BCUT2D eigenvalue weighted by Gasteiger charge is -2.26. The predicted octanol–water partition coefficient (Wildman–Crippen LogP) is 3.95. The fourth-order valence-corrected chi connectivity index (χ4v) is 3.09. The van der Waals surface area contributed by atoms with Gasteiger partial charge in [-0.1, -0.05) is 34.5 Å². The van der Waals surface area contributed by atoms with Crippen molar-refractivity contribution < 1.29 is 14.3 Å². The quantitative estimate of drug-likeness (QED) is 0.795. The number of carbonyl (C=O) groups is 2. The van der Waals surface area contributed by atoms with Gasteiger partial charge in [-0.2, -0.15) is 0 Å². The minimum absolute atomic E-state index is 0.192. The van der Waals surface area contributed by atoms with Crippen LogP contribution in [0.4, 0.5) is 0 Å².